The monoisotopic (exact) mass is 293 g/mol. The van der Waals surface area contributed by atoms with E-state index in [1.165, 1.54) is 12.1 Å². The van der Waals surface area contributed by atoms with Gasteiger partial charge in [-0.25, -0.2) is 4.79 Å². The van der Waals surface area contributed by atoms with E-state index in [2.05, 4.69) is 0 Å². The predicted octanol–water partition coefficient (Wildman–Crippen LogP) is 2.41. The summed E-state index contributed by atoms with van der Waals surface area (Å²) in [6.07, 6.45) is 0.861. The molecule has 1 saturated carbocycles. The van der Waals surface area contributed by atoms with Crippen molar-refractivity contribution in [2.24, 2.45) is 0 Å². The van der Waals surface area contributed by atoms with Gasteiger partial charge in [-0.1, -0.05) is 12.1 Å². The Hall–Kier alpha value is -1.99. The molecule has 112 valence electrons. The number of hydrogen-bond acceptors (Lipinski definition) is 5. The maximum atomic E-state index is 11.4. The molecule has 1 aromatic carbocycles. The van der Waals surface area contributed by atoms with Gasteiger partial charge < -0.3 is 14.6 Å². The molecule has 7 heteroatoms. The zero-order valence-corrected chi connectivity index (χ0v) is 11.2. The standard InChI is InChI=1S/C14H15NO6/c16-13(17)12-11(20-14(21-12)7-3-4-8-14)9-5-1-2-6-10(9)15(18)19/h1-2,5-6,11-12H,3-4,7-8H2,(H,16,17)/t11-,12+/m1/s1. The summed E-state index contributed by atoms with van der Waals surface area (Å²) >= 11 is 0. The van der Waals surface area contributed by atoms with E-state index in [1.54, 1.807) is 12.1 Å². The normalized spacial score (nSPS) is 27.0. The Balaban J connectivity index is 2.00. The average Bonchev–Trinajstić information content (AvgIpc) is 3.07. The highest BCUT2D eigenvalue weighted by Crippen LogP contribution is 2.48. The highest BCUT2D eigenvalue weighted by molar-refractivity contribution is 5.74. The number of ether oxygens (including phenoxy) is 2. The van der Waals surface area contributed by atoms with Gasteiger partial charge in [-0.05, 0) is 18.9 Å². The van der Waals surface area contributed by atoms with Crippen molar-refractivity contribution in [3.63, 3.8) is 0 Å². The largest absolute Gasteiger partial charge is 0.479 e. The average molecular weight is 293 g/mol. The first-order valence-corrected chi connectivity index (χ1v) is 6.84. The molecule has 7 nitrogen and oxygen atoms in total. The maximum absolute atomic E-state index is 11.4. The lowest BCUT2D eigenvalue weighted by Gasteiger charge is -2.21. The van der Waals surface area contributed by atoms with Crippen LogP contribution in [0.15, 0.2) is 24.3 Å². The molecule has 0 radical (unpaired) electrons. The third-order valence-electron chi connectivity index (χ3n) is 4.01. The van der Waals surface area contributed by atoms with Crippen molar-refractivity contribution in [1.29, 1.82) is 0 Å². The number of nitro benzene ring substituents is 1. The van der Waals surface area contributed by atoms with Crippen LogP contribution in [0.4, 0.5) is 5.69 Å². The van der Waals surface area contributed by atoms with Crippen LogP contribution in [0.2, 0.25) is 0 Å². The molecule has 0 unspecified atom stereocenters. The molecule has 1 aliphatic carbocycles. The number of carboxylic acid groups (broad SMARTS) is 1. The van der Waals surface area contributed by atoms with Gasteiger partial charge in [-0.2, -0.15) is 0 Å². The summed E-state index contributed by atoms with van der Waals surface area (Å²) < 4.78 is 11.5. The van der Waals surface area contributed by atoms with E-state index in [0.29, 0.717) is 12.8 Å². The van der Waals surface area contributed by atoms with Gasteiger partial charge in [-0.3, -0.25) is 10.1 Å². The Morgan fingerprint density at radius 3 is 2.57 bits per heavy atom. The number of aliphatic carboxylic acids is 1. The van der Waals surface area contributed by atoms with Crippen LogP contribution >= 0.6 is 0 Å². The van der Waals surface area contributed by atoms with Crippen LogP contribution in [0.1, 0.15) is 37.4 Å². The summed E-state index contributed by atoms with van der Waals surface area (Å²) in [4.78, 5) is 22.0. The molecule has 3 rings (SSSR count). The Morgan fingerprint density at radius 1 is 1.29 bits per heavy atom. The molecule has 1 aromatic rings. The molecular formula is C14H15NO6. The molecule has 2 atom stereocenters. The summed E-state index contributed by atoms with van der Waals surface area (Å²) in [5.41, 5.74) is 0.103. The fourth-order valence-electron chi connectivity index (χ4n) is 3.06. The number of benzene rings is 1. The smallest absolute Gasteiger partial charge is 0.336 e. The Kier molecular flexibility index (Phi) is 3.38. The van der Waals surface area contributed by atoms with Crippen molar-refractivity contribution in [2.75, 3.05) is 0 Å². The number of hydrogen-bond donors (Lipinski definition) is 1. The number of para-hydroxylation sites is 1. The van der Waals surface area contributed by atoms with E-state index < -0.39 is 28.9 Å². The molecule has 0 bridgehead atoms. The predicted molar refractivity (Wildman–Crippen MR) is 70.6 cm³/mol. The lowest BCUT2D eigenvalue weighted by atomic mass is 10.0. The third-order valence-corrected chi connectivity index (χ3v) is 4.01. The molecular weight excluding hydrogens is 278 g/mol. The SMILES string of the molecule is O=C(O)[C@H]1OC2(CCCC2)O[C@@H]1c1ccccc1[N+](=O)[O-]. The van der Waals surface area contributed by atoms with E-state index in [1.807, 2.05) is 0 Å². The second-order valence-corrected chi connectivity index (χ2v) is 5.35. The van der Waals surface area contributed by atoms with Crippen LogP contribution in [0.25, 0.3) is 0 Å². The zero-order valence-electron chi connectivity index (χ0n) is 11.2. The third kappa shape index (κ3) is 2.38. The van der Waals surface area contributed by atoms with E-state index in [4.69, 9.17) is 9.47 Å². The van der Waals surface area contributed by atoms with Crippen molar-refractivity contribution in [1.82, 2.24) is 0 Å². The molecule has 0 amide bonds. The molecule has 21 heavy (non-hydrogen) atoms. The number of rotatable bonds is 3. The van der Waals surface area contributed by atoms with Crippen LogP contribution < -0.4 is 0 Å². The van der Waals surface area contributed by atoms with E-state index >= 15 is 0 Å². The van der Waals surface area contributed by atoms with Gasteiger partial charge in [0.25, 0.3) is 5.69 Å². The highest BCUT2D eigenvalue weighted by Gasteiger charge is 2.53. The highest BCUT2D eigenvalue weighted by atomic mass is 16.8. The van der Waals surface area contributed by atoms with E-state index in [9.17, 15) is 20.0 Å². The lowest BCUT2D eigenvalue weighted by Crippen LogP contribution is -2.29. The van der Waals surface area contributed by atoms with E-state index in [0.717, 1.165) is 12.8 Å². The minimum absolute atomic E-state index is 0.146. The fraction of sp³-hybridized carbons (Fsp3) is 0.500. The molecule has 1 N–H and O–H groups in total. The molecule has 1 saturated heterocycles. The summed E-state index contributed by atoms with van der Waals surface area (Å²) in [6, 6.07) is 6.04. The summed E-state index contributed by atoms with van der Waals surface area (Å²) in [7, 11) is 0. The Bertz CT molecular complexity index is 581. The van der Waals surface area contributed by atoms with Gasteiger partial charge >= 0.3 is 5.97 Å². The number of carboxylic acids is 1. The topological polar surface area (TPSA) is 98.9 Å². The van der Waals surface area contributed by atoms with Gasteiger partial charge in [0.1, 0.15) is 6.10 Å². The second kappa shape index (κ2) is 5.09. The van der Waals surface area contributed by atoms with Gasteiger partial charge in [0.15, 0.2) is 11.9 Å². The second-order valence-electron chi connectivity index (χ2n) is 5.35. The molecule has 1 heterocycles. The summed E-state index contributed by atoms with van der Waals surface area (Å²) in [5.74, 6) is -2.07. The van der Waals surface area contributed by atoms with Crippen LogP contribution in [0.5, 0.6) is 0 Å². The van der Waals surface area contributed by atoms with E-state index in [-0.39, 0.29) is 11.3 Å². The van der Waals surface area contributed by atoms with Crippen LogP contribution in [0, 0.1) is 10.1 Å². The minimum Gasteiger partial charge on any atom is -0.479 e. The zero-order chi connectivity index (χ0) is 15.0. The number of carbonyl (C=O) groups is 1. The molecule has 2 aliphatic rings. The van der Waals surface area contributed by atoms with Crippen LogP contribution in [-0.2, 0) is 14.3 Å². The van der Waals surface area contributed by atoms with Gasteiger partial charge in [-0.15, -0.1) is 0 Å². The van der Waals surface area contributed by atoms with Crippen molar-refractivity contribution in [3.05, 3.63) is 39.9 Å². The van der Waals surface area contributed by atoms with Crippen molar-refractivity contribution in [2.45, 2.75) is 43.7 Å². The molecule has 1 aliphatic heterocycles. The first-order valence-electron chi connectivity index (χ1n) is 6.84. The quantitative estimate of drug-likeness (QED) is 0.678. The van der Waals surface area contributed by atoms with Crippen LogP contribution in [0.3, 0.4) is 0 Å². The van der Waals surface area contributed by atoms with Gasteiger partial charge in [0.05, 0.1) is 10.5 Å². The van der Waals surface area contributed by atoms with Crippen molar-refractivity contribution in [3.8, 4) is 0 Å². The summed E-state index contributed by atoms with van der Waals surface area (Å²) in [5, 5.41) is 20.5. The fourth-order valence-corrected chi connectivity index (χ4v) is 3.06. The Labute approximate surface area is 120 Å². The van der Waals surface area contributed by atoms with Crippen molar-refractivity contribution >= 4 is 11.7 Å². The lowest BCUT2D eigenvalue weighted by molar-refractivity contribution is -0.386. The van der Waals surface area contributed by atoms with Gasteiger partial charge in [0.2, 0.25) is 0 Å². The molecule has 2 fully saturated rings. The van der Waals surface area contributed by atoms with Crippen molar-refractivity contribution < 1.29 is 24.3 Å². The minimum atomic E-state index is -1.22. The number of nitrogens with zero attached hydrogens (tertiary/aromatic N) is 1. The Morgan fingerprint density at radius 2 is 1.95 bits per heavy atom. The first kappa shape index (κ1) is 14.0. The van der Waals surface area contributed by atoms with Crippen LogP contribution in [-0.4, -0.2) is 27.9 Å². The van der Waals surface area contributed by atoms with Gasteiger partial charge in [0, 0.05) is 18.9 Å². The number of nitro groups is 1. The molecule has 0 aromatic heterocycles. The molecule has 1 spiro atoms. The summed E-state index contributed by atoms with van der Waals surface area (Å²) in [6.45, 7) is 0. The maximum Gasteiger partial charge on any atom is 0.336 e. The first-order chi connectivity index (χ1) is 10.0.